The van der Waals surface area contributed by atoms with Gasteiger partial charge >= 0.3 is 18.4 Å². The highest BCUT2D eigenvalue weighted by Crippen LogP contribution is 2.39. The van der Waals surface area contributed by atoms with Crippen molar-refractivity contribution in [1.29, 1.82) is 0 Å². The third-order valence-corrected chi connectivity index (χ3v) is 5.45. The van der Waals surface area contributed by atoms with E-state index < -0.39 is 35.6 Å². The first-order valence-electron chi connectivity index (χ1n) is 9.46. The molecule has 0 aromatic heterocycles. The van der Waals surface area contributed by atoms with Crippen LogP contribution in [0.4, 0.5) is 31.1 Å². The van der Waals surface area contributed by atoms with Crippen LogP contribution in [0.3, 0.4) is 0 Å². The maximum Gasteiger partial charge on any atom is 0.434 e. The van der Waals surface area contributed by atoms with Gasteiger partial charge in [-0.3, -0.25) is 4.79 Å². The minimum Gasteiger partial charge on any atom is -0.426 e. The summed E-state index contributed by atoms with van der Waals surface area (Å²) >= 11 is 0. The van der Waals surface area contributed by atoms with E-state index in [1.807, 2.05) is 0 Å². The van der Waals surface area contributed by atoms with Crippen LogP contribution in [0.2, 0.25) is 0 Å². The van der Waals surface area contributed by atoms with E-state index in [1.54, 1.807) is 32.7 Å². The average molecular weight is 448 g/mol. The molecule has 2 heterocycles. The van der Waals surface area contributed by atoms with Gasteiger partial charge in [-0.1, -0.05) is 20.8 Å². The van der Waals surface area contributed by atoms with Crippen molar-refractivity contribution in [2.24, 2.45) is 5.41 Å². The van der Waals surface area contributed by atoms with E-state index in [9.17, 15) is 35.9 Å². The normalized spacial score (nSPS) is 22.5. The van der Waals surface area contributed by atoms with Gasteiger partial charge in [0.05, 0.1) is 18.2 Å². The predicted molar refractivity (Wildman–Crippen MR) is 92.5 cm³/mol. The molecule has 0 radical (unpaired) electrons. The number of nitrogens with zero attached hydrogens (tertiary/aromatic N) is 2. The van der Waals surface area contributed by atoms with Crippen LogP contribution in [0, 0.1) is 5.41 Å². The Kier molecular flexibility index (Phi) is 6.61. The zero-order valence-electron chi connectivity index (χ0n) is 17.2. The fourth-order valence-corrected chi connectivity index (χ4v) is 3.70. The molecule has 2 saturated heterocycles. The molecule has 6 nitrogen and oxygen atoms in total. The lowest BCUT2D eigenvalue weighted by molar-refractivity contribution is -0.308. The minimum atomic E-state index is -5.75. The minimum absolute atomic E-state index is 0.0699. The van der Waals surface area contributed by atoms with Crippen molar-refractivity contribution in [3.8, 4) is 0 Å². The van der Waals surface area contributed by atoms with E-state index in [2.05, 4.69) is 4.74 Å². The van der Waals surface area contributed by atoms with Crippen LogP contribution in [0.15, 0.2) is 0 Å². The third kappa shape index (κ3) is 5.50. The Balaban J connectivity index is 1.95. The monoisotopic (exact) mass is 448 g/mol. The summed E-state index contributed by atoms with van der Waals surface area (Å²) in [6.07, 6.45) is -16.4. The van der Waals surface area contributed by atoms with Crippen LogP contribution in [-0.4, -0.2) is 78.6 Å². The number of likely N-dealkylation sites (N-methyl/N-ethyl adjacent to an activating group) is 1. The van der Waals surface area contributed by atoms with Crippen molar-refractivity contribution in [2.75, 3.05) is 26.7 Å². The number of likely N-dealkylation sites (tertiary alicyclic amines) is 1. The van der Waals surface area contributed by atoms with Crippen molar-refractivity contribution in [3.63, 3.8) is 0 Å². The number of alkyl halides is 6. The molecule has 30 heavy (non-hydrogen) atoms. The Morgan fingerprint density at radius 2 is 1.57 bits per heavy atom. The molecule has 2 amide bonds. The van der Waals surface area contributed by atoms with Gasteiger partial charge in [0, 0.05) is 25.6 Å². The maximum atomic E-state index is 12.6. The summed E-state index contributed by atoms with van der Waals surface area (Å²) < 4.78 is 85.1. The van der Waals surface area contributed by atoms with Gasteiger partial charge in [-0.2, -0.15) is 26.3 Å². The highest BCUT2D eigenvalue weighted by molar-refractivity contribution is 5.81. The van der Waals surface area contributed by atoms with Crippen molar-refractivity contribution >= 4 is 12.0 Å². The summed E-state index contributed by atoms with van der Waals surface area (Å²) in [6.45, 7) is 5.42. The van der Waals surface area contributed by atoms with Gasteiger partial charge in [0.25, 0.3) is 6.10 Å². The molecule has 0 aliphatic carbocycles. The van der Waals surface area contributed by atoms with Gasteiger partial charge in [0.1, 0.15) is 0 Å². The SMILES string of the molecule is CN(C(=O)C(C)(C)C)C1COC2(CCN(C(=O)OC(C(F)(F)F)C(F)(F)F)CC2)C1. The molecule has 174 valence electrons. The Hall–Kier alpha value is -1.72. The molecule has 2 aliphatic rings. The van der Waals surface area contributed by atoms with Crippen LogP contribution < -0.4 is 0 Å². The summed E-state index contributed by atoms with van der Waals surface area (Å²) in [5, 5.41) is 0. The average Bonchev–Trinajstić information content (AvgIpc) is 2.99. The fourth-order valence-electron chi connectivity index (χ4n) is 3.70. The Morgan fingerprint density at radius 3 is 2.00 bits per heavy atom. The Bertz CT molecular complexity index is 637. The fraction of sp³-hybridized carbons (Fsp3) is 0.889. The smallest absolute Gasteiger partial charge is 0.426 e. The van der Waals surface area contributed by atoms with Gasteiger partial charge in [-0.25, -0.2) is 4.79 Å². The van der Waals surface area contributed by atoms with E-state index in [0.29, 0.717) is 6.42 Å². The number of carbonyl (C=O) groups excluding carboxylic acids is 2. The lowest BCUT2D eigenvalue weighted by atomic mass is 9.86. The quantitative estimate of drug-likeness (QED) is 0.604. The standard InChI is InChI=1S/C18H26F6N2O4/c1-15(2,3)13(27)25(4)11-9-16(29-10-11)5-7-26(8-6-16)14(28)30-12(17(19,20)21)18(22,23)24/h11-12H,5-10H2,1-4H3. The molecule has 12 heteroatoms. The van der Waals surface area contributed by atoms with Crippen molar-refractivity contribution in [2.45, 2.75) is 70.1 Å². The molecule has 2 rings (SSSR count). The molecule has 1 spiro atoms. The first-order valence-corrected chi connectivity index (χ1v) is 9.46. The molecule has 0 N–H and O–H groups in total. The topological polar surface area (TPSA) is 59.1 Å². The second kappa shape index (κ2) is 8.08. The molecular weight excluding hydrogens is 422 g/mol. The van der Waals surface area contributed by atoms with Crippen molar-refractivity contribution in [3.05, 3.63) is 0 Å². The lowest BCUT2D eigenvalue weighted by Gasteiger charge is -2.39. The molecule has 0 aromatic carbocycles. The summed E-state index contributed by atoms with van der Waals surface area (Å²) in [5.74, 6) is -0.0699. The first kappa shape index (κ1) is 24.5. The van der Waals surface area contributed by atoms with E-state index in [4.69, 9.17) is 4.74 Å². The predicted octanol–water partition coefficient (Wildman–Crippen LogP) is 3.74. The Labute approximate surface area is 170 Å². The Morgan fingerprint density at radius 1 is 1.07 bits per heavy atom. The second-order valence-corrected chi connectivity index (χ2v) is 8.85. The summed E-state index contributed by atoms with van der Waals surface area (Å²) in [7, 11) is 1.67. The number of carbonyl (C=O) groups is 2. The van der Waals surface area contributed by atoms with Gasteiger partial charge in [-0.15, -0.1) is 0 Å². The number of ether oxygens (including phenoxy) is 2. The first-order chi connectivity index (χ1) is 13.5. The summed E-state index contributed by atoms with van der Waals surface area (Å²) in [4.78, 5) is 26.8. The highest BCUT2D eigenvalue weighted by Gasteiger charge is 2.60. The zero-order valence-corrected chi connectivity index (χ0v) is 17.2. The van der Waals surface area contributed by atoms with Gasteiger partial charge in [0.2, 0.25) is 5.91 Å². The number of piperidine rings is 1. The number of hydrogen-bond donors (Lipinski definition) is 0. The van der Waals surface area contributed by atoms with E-state index in [0.717, 1.165) is 4.90 Å². The zero-order chi connectivity index (χ0) is 23.1. The van der Waals surface area contributed by atoms with E-state index in [1.165, 1.54) is 0 Å². The van der Waals surface area contributed by atoms with Crippen LogP contribution in [0.5, 0.6) is 0 Å². The van der Waals surface area contributed by atoms with Gasteiger partial charge < -0.3 is 19.3 Å². The second-order valence-electron chi connectivity index (χ2n) is 8.85. The molecule has 0 bridgehead atoms. The molecule has 1 atom stereocenters. The lowest BCUT2D eigenvalue weighted by Crippen LogP contribution is -2.51. The van der Waals surface area contributed by atoms with Crippen molar-refractivity contribution < 1.29 is 45.4 Å². The maximum absolute atomic E-state index is 12.6. The van der Waals surface area contributed by atoms with E-state index >= 15 is 0 Å². The number of rotatable bonds is 2. The third-order valence-electron chi connectivity index (χ3n) is 5.45. The molecule has 0 saturated carbocycles. The number of amides is 2. The molecule has 2 aliphatic heterocycles. The summed E-state index contributed by atoms with van der Waals surface area (Å²) in [5.41, 5.74) is -1.26. The number of hydrogen-bond acceptors (Lipinski definition) is 4. The summed E-state index contributed by atoms with van der Waals surface area (Å²) in [6, 6.07) is -0.199. The largest absolute Gasteiger partial charge is 0.434 e. The van der Waals surface area contributed by atoms with E-state index in [-0.39, 0.29) is 44.5 Å². The molecule has 2 fully saturated rings. The molecule has 1 unspecified atom stereocenters. The van der Waals surface area contributed by atoms with Crippen LogP contribution >= 0.6 is 0 Å². The van der Waals surface area contributed by atoms with Crippen LogP contribution in [0.25, 0.3) is 0 Å². The van der Waals surface area contributed by atoms with Gasteiger partial charge in [0.15, 0.2) is 0 Å². The van der Waals surface area contributed by atoms with Crippen molar-refractivity contribution in [1.82, 2.24) is 9.80 Å². The molecule has 0 aromatic rings. The number of halogens is 6. The molecular formula is C18H26F6N2O4. The van der Waals surface area contributed by atoms with Crippen LogP contribution in [-0.2, 0) is 14.3 Å². The van der Waals surface area contributed by atoms with Crippen LogP contribution in [0.1, 0.15) is 40.0 Å². The highest BCUT2D eigenvalue weighted by atomic mass is 19.4. The van der Waals surface area contributed by atoms with Gasteiger partial charge in [-0.05, 0) is 19.3 Å².